The van der Waals surface area contributed by atoms with E-state index in [-0.39, 0.29) is 6.03 Å². The Labute approximate surface area is 232 Å². The molecule has 1 atom stereocenters. The third-order valence-electron chi connectivity index (χ3n) is 7.05. The van der Waals surface area contributed by atoms with Crippen molar-refractivity contribution in [1.29, 1.82) is 0 Å². The van der Waals surface area contributed by atoms with Gasteiger partial charge in [0.25, 0.3) is 0 Å². The molecule has 8 heteroatoms. The van der Waals surface area contributed by atoms with Crippen LogP contribution in [0.1, 0.15) is 35.5 Å². The average molecular weight is 538 g/mol. The number of benzene rings is 3. The van der Waals surface area contributed by atoms with E-state index in [0.717, 1.165) is 46.2 Å². The van der Waals surface area contributed by atoms with Gasteiger partial charge >= 0.3 is 6.03 Å². The van der Waals surface area contributed by atoms with Crippen LogP contribution in [0.15, 0.2) is 97.2 Å². The number of carbonyl (C=O) groups is 1. The first-order chi connectivity index (χ1) is 19.1. The topological polar surface area (TPSA) is 64.3 Å². The molecule has 0 spiro atoms. The van der Waals surface area contributed by atoms with Crippen molar-refractivity contribution in [3.05, 3.63) is 125 Å². The molecule has 0 fully saturated rings. The van der Waals surface area contributed by atoms with Crippen molar-refractivity contribution in [3.63, 3.8) is 0 Å². The molecule has 0 aliphatic carbocycles. The summed E-state index contributed by atoms with van der Waals surface area (Å²) in [6, 6.07) is 28.6. The fourth-order valence-electron chi connectivity index (χ4n) is 5.27. The van der Waals surface area contributed by atoms with Crippen molar-refractivity contribution >= 4 is 23.3 Å². The van der Waals surface area contributed by atoms with Gasteiger partial charge in [0.1, 0.15) is 11.6 Å². The lowest BCUT2D eigenvalue weighted by molar-refractivity contribution is 0.194. The molecule has 2 aromatic heterocycles. The van der Waals surface area contributed by atoms with Crippen molar-refractivity contribution in [1.82, 2.24) is 19.2 Å². The molecule has 1 aliphatic heterocycles. The van der Waals surface area contributed by atoms with Gasteiger partial charge in [-0.2, -0.15) is 5.10 Å². The first-order valence-corrected chi connectivity index (χ1v) is 13.3. The Bertz CT molecular complexity index is 1640. The minimum Gasteiger partial charge on any atom is -0.497 e. The van der Waals surface area contributed by atoms with Crippen LogP contribution in [-0.2, 0) is 13.0 Å². The molecule has 5 aromatic rings. The number of rotatable bonds is 5. The molecule has 39 heavy (non-hydrogen) atoms. The number of nitrogens with zero attached hydrogens (tertiary/aromatic N) is 4. The van der Waals surface area contributed by atoms with Crippen LogP contribution in [0.4, 0.5) is 10.5 Å². The predicted octanol–water partition coefficient (Wildman–Crippen LogP) is 7.02. The van der Waals surface area contributed by atoms with Crippen LogP contribution in [0.2, 0.25) is 5.02 Å². The molecular formula is C31H28ClN5O2. The normalized spacial score (nSPS) is 14.3. The van der Waals surface area contributed by atoms with Crippen molar-refractivity contribution in [2.75, 3.05) is 12.4 Å². The lowest BCUT2D eigenvalue weighted by Gasteiger charge is -2.31. The van der Waals surface area contributed by atoms with E-state index in [1.807, 2.05) is 88.6 Å². The Balaban J connectivity index is 1.56. The first-order valence-electron chi connectivity index (χ1n) is 12.9. The van der Waals surface area contributed by atoms with Gasteiger partial charge in [-0.05, 0) is 66.6 Å². The zero-order valence-corrected chi connectivity index (χ0v) is 22.5. The maximum absolute atomic E-state index is 14.1. The lowest BCUT2D eigenvalue weighted by atomic mass is 10.0. The van der Waals surface area contributed by atoms with E-state index in [1.54, 1.807) is 19.2 Å². The fourth-order valence-corrected chi connectivity index (χ4v) is 5.46. The summed E-state index contributed by atoms with van der Waals surface area (Å²) >= 11 is 6.22. The van der Waals surface area contributed by atoms with E-state index < -0.39 is 6.04 Å². The number of ether oxygens (including phenoxy) is 1. The molecule has 3 heterocycles. The van der Waals surface area contributed by atoms with E-state index in [1.165, 1.54) is 0 Å². The van der Waals surface area contributed by atoms with Crippen LogP contribution in [-0.4, -0.2) is 32.4 Å². The lowest BCUT2D eigenvalue weighted by Crippen LogP contribution is -2.38. The van der Waals surface area contributed by atoms with E-state index >= 15 is 0 Å². The van der Waals surface area contributed by atoms with Gasteiger partial charge in [0.15, 0.2) is 0 Å². The largest absolute Gasteiger partial charge is 0.497 e. The van der Waals surface area contributed by atoms with E-state index in [0.29, 0.717) is 17.3 Å². The van der Waals surface area contributed by atoms with Gasteiger partial charge in [0, 0.05) is 22.5 Å². The minimum absolute atomic E-state index is 0.236. The highest BCUT2D eigenvalue weighted by molar-refractivity contribution is 6.30. The zero-order chi connectivity index (χ0) is 26.9. The van der Waals surface area contributed by atoms with E-state index in [9.17, 15) is 4.79 Å². The second-order valence-corrected chi connectivity index (χ2v) is 9.84. The van der Waals surface area contributed by atoms with Gasteiger partial charge in [-0.3, -0.25) is 0 Å². The van der Waals surface area contributed by atoms with Crippen LogP contribution in [0, 0.1) is 0 Å². The number of hydrogen-bond acceptors (Lipinski definition) is 3. The second kappa shape index (κ2) is 10.3. The van der Waals surface area contributed by atoms with Crippen molar-refractivity contribution in [2.45, 2.75) is 25.9 Å². The molecule has 6 rings (SSSR count). The molecule has 2 amide bonds. The van der Waals surface area contributed by atoms with Gasteiger partial charge in [-0.15, -0.1) is 0 Å². The predicted molar refractivity (Wildman–Crippen MR) is 153 cm³/mol. The number of fused-ring (bicyclic) bond motifs is 3. The summed E-state index contributed by atoms with van der Waals surface area (Å²) in [5.74, 6) is 1.66. The van der Waals surface area contributed by atoms with Gasteiger partial charge < -0.3 is 19.5 Å². The maximum Gasteiger partial charge on any atom is 0.322 e. The Morgan fingerprint density at radius 1 is 1.03 bits per heavy atom. The highest BCUT2D eigenvalue weighted by atomic mass is 35.5. The van der Waals surface area contributed by atoms with Crippen LogP contribution in [0.3, 0.4) is 0 Å². The highest BCUT2D eigenvalue weighted by Crippen LogP contribution is 2.39. The van der Waals surface area contributed by atoms with Crippen LogP contribution in [0.25, 0.3) is 11.5 Å². The zero-order valence-electron chi connectivity index (χ0n) is 21.7. The molecule has 0 saturated carbocycles. The summed E-state index contributed by atoms with van der Waals surface area (Å²) in [5, 5.41) is 8.65. The van der Waals surface area contributed by atoms with Gasteiger partial charge in [-0.1, -0.05) is 54.9 Å². The third kappa shape index (κ3) is 4.55. The van der Waals surface area contributed by atoms with Crippen LogP contribution < -0.4 is 10.1 Å². The number of aromatic nitrogens is 3. The molecule has 7 nitrogen and oxygen atoms in total. The number of hydrogen-bond donors (Lipinski definition) is 1. The Hall–Kier alpha value is -4.49. The molecule has 0 saturated heterocycles. The van der Waals surface area contributed by atoms with E-state index in [2.05, 4.69) is 22.9 Å². The summed E-state index contributed by atoms with van der Waals surface area (Å²) in [7, 11) is 1.65. The number of aryl methyl sites for hydroxylation is 1. The van der Waals surface area contributed by atoms with Crippen molar-refractivity contribution < 1.29 is 9.53 Å². The van der Waals surface area contributed by atoms with Gasteiger partial charge in [0.2, 0.25) is 0 Å². The number of para-hydroxylation sites is 1. The molecule has 0 bridgehead atoms. The molecular weight excluding hydrogens is 510 g/mol. The summed E-state index contributed by atoms with van der Waals surface area (Å²) in [5.41, 5.74) is 5.43. The fraction of sp³-hybridized carbons (Fsp3) is 0.161. The highest BCUT2D eigenvalue weighted by Gasteiger charge is 2.36. The number of carbonyl (C=O) groups excluding carboxylic acids is 1. The summed E-state index contributed by atoms with van der Waals surface area (Å²) in [4.78, 5) is 16.0. The third-order valence-corrected chi connectivity index (χ3v) is 7.29. The number of urea groups is 1. The molecule has 0 radical (unpaired) electrons. The second-order valence-electron chi connectivity index (χ2n) is 9.40. The number of halogens is 1. The molecule has 1 N–H and O–H groups in total. The maximum atomic E-state index is 14.1. The number of anilines is 1. The Kier molecular flexibility index (Phi) is 6.59. The molecule has 1 aliphatic rings. The summed E-state index contributed by atoms with van der Waals surface area (Å²) in [6.45, 7) is 2.45. The van der Waals surface area contributed by atoms with Crippen molar-refractivity contribution in [3.8, 4) is 17.3 Å². The van der Waals surface area contributed by atoms with Gasteiger partial charge in [0.05, 0.1) is 36.8 Å². The van der Waals surface area contributed by atoms with Crippen LogP contribution >= 0.6 is 11.6 Å². The number of amides is 2. The Morgan fingerprint density at radius 3 is 2.62 bits per heavy atom. The molecule has 196 valence electrons. The summed E-state index contributed by atoms with van der Waals surface area (Å²) < 4.78 is 9.70. The van der Waals surface area contributed by atoms with Gasteiger partial charge in [-0.25, -0.2) is 9.48 Å². The standard InChI is InChI=1S/C31H28ClN5O2/c1-3-27-26-20-36(31(38)33-23-12-8-11-22(32)19-23)29(21-10-7-15-25(18-21)39-2)28-16-9-17-35(28)30(26)37(34-27)24-13-5-4-6-14-24/h4-19,29H,3,20H2,1-2H3,(H,33,38)/t29-/m0/s1. The smallest absolute Gasteiger partial charge is 0.322 e. The number of methoxy groups -OCH3 is 1. The number of nitrogens with one attached hydrogen (secondary N) is 1. The minimum atomic E-state index is -0.393. The van der Waals surface area contributed by atoms with Crippen LogP contribution in [0.5, 0.6) is 5.75 Å². The Morgan fingerprint density at radius 2 is 1.85 bits per heavy atom. The summed E-state index contributed by atoms with van der Waals surface area (Å²) in [6.07, 6.45) is 2.77. The quantitative estimate of drug-likeness (QED) is 0.262. The monoisotopic (exact) mass is 537 g/mol. The van der Waals surface area contributed by atoms with E-state index in [4.69, 9.17) is 21.4 Å². The molecule has 0 unspecified atom stereocenters. The first kappa shape index (κ1) is 24.8. The molecule has 3 aromatic carbocycles. The van der Waals surface area contributed by atoms with Crippen molar-refractivity contribution in [2.24, 2.45) is 0 Å². The SMILES string of the molecule is CCc1nn(-c2ccccc2)c2c1CN(C(=O)Nc1cccc(Cl)c1)[C@@H](c1cccc(OC)c1)c1cccn1-2. The average Bonchev–Trinajstić information content (AvgIpc) is 3.54.